The SMILES string of the molecule is [2H]c1c([2H])c([2H])c(-c2c([2H])c([2H])c([2H])c(-c3nc(-c4ccccc4-c4nc5ccccc5n4-c4ccccc4)nc(-n4c5c([2H])c([2H])c([2H])c([2H])c5c5c([2H])c([2H])c([2H])c([2H])c54)n3)c2[2H])c([2H])c1[2H]. The molecule has 0 aliphatic heterocycles. The Morgan fingerprint density at radius 2 is 1.04 bits per heavy atom. The van der Waals surface area contributed by atoms with Gasteiger partial charge in [0, 0.05) is 33.2 Å². The van der Waals surface area contributed by atoms with Gasteiger partial charge < -0.3 is 0 Å². The number of rotatable bonds is 6. The Hall–Kier alpha value is -7.18. The molecule has 6 nitrogen and oxygen atoms in total. The van der Waals surface area contributed by atoms with Crippen molar-refractivity contribution in [2.75, 3.05) is 0 Å². The summed E-state index contributed by atoms with van der Waals surface area (Å²) in [7, 11) is 0. The standard InChI is InChI=1S/C46H30N6/c1-3-16-31(17-4-1)32-18-15-19-33(30-32)43-48-44(50-46(49-43)52-40-27-12-9-22-35(40)36-23-10-13-28-41(36)52)37-24-7-8-25-38(37)45-47-39-26-11-14-29-42(39)51(45)34-20-5-2-6-21-34/h1-30H/i1D,3D,4D,9D,10D,12D,13D,15D,16D,17D,18D,19D,22D,23D,27D,28D,30D. The maximum Gasteiger partial charge on any atom is 0.238 e. The molecular formula is C46H30N6. The minimum atomic E-state index is -0.830. The van der Waals surface area contributed by atoms with Crippen molar-refractivity contribution in [3.63, 3.8) is 0 Å². The first-order chi connectivity index (χ1) is 32.9. The fourth-order valence-electron chi connectivity index (χ4n) is 6.19. The topological polar surface area (TPSA) is 61.4 Å². The van der Waals surface area contributed by atoms with Gasteiger partial charge >= 0.3 is 0 Å². The number of aromatic nitrogens is 6. The number of para-hydroxylation sites is 5. The summed E-state index contributed by atoms with van der Waals surface area (Å²) in [6.07, 6.45) is 0. The van der Waals surface area contributed by atoms with E-state index in [2.05, 4.69) is 4.98 Å². The van der Waals surface area contributed by atoms with Gasteiger partial charge in [0.15, 0.2) is 11.6 Å². The molecule has 0 aliphatic rings. The third-order valence-corrected chi connectivity index (χ3v) is 8.44. The van der Waals surface area contributed by atoms with Gasteiger partial charge in [-0.3, -0.25) is 9.13 Å². The lowest BCUT2D eigenvalue weighted by Gasteiger charge is -2.15. The van der Waals surface area contributed by atoms with Crippen LogP contribution in [0.2, 0.25) is 0 Å². The molecule has 244 valence electrons. The Balaban J connectivity index is 1.38. The third kappa shape index (κ3) is 4.96. The van der Waals surface area contributed by atoms with E-state index in [1.807, 2.05) is 59.2 Å². The van der Waals surface area contributed by atoms with Crippen LogP contribution in [0, 0.1) is 0 Å². The van der Waals surface area contributed by atoms with Crippen LogP contribution >= 0.6 is 0 Å². The van der Waals surface area contributed by atoms with Gasteiger partial charge in [0.05, 0.1) is 45.4 Å². The van der Waals surface area contributed by atoms with Crippen molar-refractivity contribution in [2.45, 2.75) is 0 Å². The Labute approximate surface area is 323 Å². The van der Waals surface area contributed by atoms with E-state index in [1.165, 1.54) is 0 Å². The van der Waals surface area contributed by atoms with Crippen LogP contribution in [-0.2, 0) is 0 Å². The zero-order valence-electron chi connectivity index (χ0n) is 43.7. The van der Waals surface area contributed by atoms with Crippen LogP contribution in [0.1, 0.15) is 23.3 Å². The molecule has 0 bridgehead atoms. The maximum absolute atomic E-state index is 9.58. The molecule has 0 saturated carbocycles. The van der Waals surface area contributed by atoms with Crippen LogP contribution in [0.3, 0.4) is 0 Å². The number of hydrogen-bond acceptors (Lipinski definition) is 4. The number of imidazole rings is 1. The summed E-state index contributed by atoms with van der Waals surface area (Å²) in [5.41, 5.74) is 0.263. The van der Waals surface area contributed by atoms with Crippen LogP contribution in [0.15, 0.2) is 182 Å². The van der Waals surface area contributed by atoms with Crippen LogP contribution in [0.25, 0.3) is 89.8 Å². The van der Waals surface area contributed by atoms with Gasteiger partial charge in [0.2, 0.25) is 5.95 Å². The smallest absolute Gasteiger partial charge is 0.238 e. The minimum absolute atomic E-state index is 0.224. The lowest BCUT2D eigenvalue weighted by Crippen LogP contribution is -2.07. The summed E-state index contributed by atoms with van der Waals surface area (Å²) < 4.78 is 153. The predicted molar refractivity (Wildman–Crippen MR) is 211 cm³/mol. The van der Waals surface area contributed by atoms with Gasteiger partial charge in [-0.05, 0) is 53.5 Å². The molecule has 0 N–H and O–H groups in total. The van der Waals surface area contributed by atoms with E-state index in [0.29, 0.717) is 16.9 Å². The van der Waals surface area contributed by atoms with Gasteiger partial charge in [-0.1, -0.05) is 139 Å². The van der Waals surface area contributed by atoms with Crippen molar-refractivity contribution >= 4 is 32.8 Å². The summed E-state index contributed by atoms with van der Waals surface area (Å²) in [5, 5.41) is -0.581. The second kappa shape index (κ2) is 12.3. The van der Waals surface area contributed by atoms with E-state index in [4.69, 9.17) is 32.8 Å². The van der Waals surface area contributed by atoms with E-state index in [-0.39, 0.29) is 33.2 Å². The molecule has 10 rings (SSSR count). The zero-order valence-corrected chi connectivity index (χ0v) is 26.7. The molecule has 0 amide bonds. The van der Waals surface area contributed by atoms with Crippen LogP contribution in [0.5, 0.6) is 0 Å². The van der Waals surface area contributed by atoms with Gasteiger partial charge in [0.25, 0.3) is 0 Å². The molecule has 3 heterocycles. The Morgan fingerprint density at radius 1 is 0.423 bits per heavy atom. The quantitative estimate of drug-likeness (QED) is 0.175. The highest BCUT2D eigenvalue weighted by Crippen LogP contribution is 2.37. The predicted octanol–water partition coefficient (Wildman–Crippen LogP) is 11.0. The molecule has 10 aromatic rings. The molecule has 0 radical (unpaired) electrons. The number of nitrogens with zero attached hydrogens (tertiary/aromatic N) is 6. The molecule has 6 heteroatoms. The number of fused-ring (bicyclic) bond motifs is 4. The molecule has 0 fully saturated rings. The molecule has 3 aromatic heterocycles. The molecule has 0 aliphatic carbocycles. The second-order valence-corrected chi connectivity index (χ2v) is 11.5. The lowest BCUT2D eigenvalue weighted by molar-refractivity contribution is 0.953. The van der Waals surface area contributed by atoms with Crippen molar-refractivity contribution in [2.24, 2.45) is 0 Å². The highest BCUT2D eigenvalue weighted by Gasteiger charge is 2.22. The van der Waals surface area contributed by atoms with E-state index < -0.39 is 131 Å². The molecule has 0 saturated heterocycles. The summed E-state index contributed by atoms with van der Waals surface area (Å²) in [5.74, 6) is -0.908. The van der Waals surface area contributed by atoms with Crippen molar-refractivity contribution in [3.05, 3.63) is 182 Å². The second-order valence-electron chi connectivity index (χ2n) is 11.5. The largest absolute Gasteiger partial charge is 0.292 e. The maximum atomic E-state index is 9.58. The minimum Gasteiger partial charge on any atom is -0.292 e. The molecule has 0 unspecified atom stereocenters. The zero-order chi connectivity index (χ0) is 49.2. The highest BCUT2D eigenvalue weighted by molar-refractivity contribution is 6.09. The fourth-order valence-corrected chi connectivity index (χ4v) is 6.19. The van der Waals surface area contributed by atoms with Gasteiger partial charge in [-0.15, -0.1) is 0 Å². The number of hydrogen-bond donors (Lipinski definition) is 0. The first-order valence-corrected chi connectivity index (χ1v) is 15.9. The van der Waals surface area contributed by atoms with E-state index in [0.717, 1.165) is 15.8 Å². The third-order valence-electron chi connectivity index (χ3n) is 8.44. The van der Waals surface area contributed by atoms with Crippen molar-refractivity contribution in [1.82, 2.24) is 29.1 Å². The van der Waals surface area contributed by atoms with Crippen molar-refractivity contribution in [3.8, 4) is 56.9 Å². The summed E-state index contributed by atoms with van der Waals surface area (Å²) in [6.45, 7) is 0. The molecule has 0 spiro atoms. The average molecular weight is 684 g/mol. The molecule has 52 heavy (non-hydrogen) atoms. The monoisotopic (exact) mass is 683 g/mol. The Morgan fingerprint density at radius 3 is 1.83 bits per heavy atom. The summed E-state index contributed by atoms with van der Waals surface area (Å²) in [4.78, 5) is 19.4. The van der Waals surface area contributed by atoms with Crippen LogP contribution in [0.4, 0.5) is 0 Å². The Kier molecular flexibility index (Phi) is 4.06. The first kappa shape index (κ1) is 17.2. The summed E-state index contributed by atoms with van der Waals surface area (Å²) in [6, 6.07) is 11.1. The lowest BCUT2D eigenvalue weighted by atomic mass is 10.0. The molecular weight excluding hydrogens is 637 g/mol. The van der Waals surface area contributed by atoms with Gasteiger partial charge in [-0.2, -0.15) is 9.97 Å². The van der Waals surface area contributed by atoms with E-state index in [9.17, 15) is 5.48 Å². The molecule has 0 atom stereocenters. The molecule has 7 aromatic carbocycles. The fraction of sp³-hybridized carbons (Fsp3) is 0. The van der Waals surface area contributed by atoms with E-state index in [1.54, 1.807) is 24.3 Å². The highest BCUT2D eigenvalue weighted by atomic mass is 15.2. The first-order valence-electron chi connectivity index (χ1n) is 24.4. The van der Waals surface area contributed by atoms with Crippen molar-refractivity contribution < 1.29 is 23.3 Å². The van der Waals surface area contributed by atoms with Crippen LogP contribution in [-0.4, -0.2) is 29.1 Å². The van der Waals surface area contributed by atoms with Crippen molar-refractivity contribution in [1.29, 1.82) is 0 Å². The Bertz CT molecular complexity index is 3780. The van der Waals surface area contributed by atoms with Gasteiger partial charge in [-0.25, -0.2) is 9.97 Å². The average Bonchev–Trinajstić information content (AvgIpc) is 3.93. The van der Waals surface area contributed by atoms with Gasteiger partial charge in [0.1, 0.15) is 5.82 Å². The number of benzene rings is 7. The van der Waals surface area contributed by atoms with E-state index >= 15 is 0 Å². The normalized spacial score (nSPS) is 16.0. The van der Waals surface area contributed by atoms with Crippen LogP contribution < -0.4 is 0 Å². The summed E-state index contributed by atoms with van der Waals surface area (Å²) >= 11 is 0.